The van der Waals surface area contributed by atoms with Crippen LogP contribution in [0.4, 0.5) is 5.69 Å². The minimum absolute atomic E-state index is 0.774. The van der Waals surface area contributed by atoms with Crippen molar-refractivity contribution in [3.63, 3.8) is 0 Å². The molecule has 1 N–H and O–H groups in total. The van der Waals surface area contributed by atoms with Gasteiger partial charge in [-0.3, -0.25) is 0 Å². The van der Waals surface area contributed by atoms with Crippen molar-refractivity contribution < 1.29 is 0 Å². The van der Waals surface area contributed by atoms with E-state index in [2.05, 4.69) is 23.5 Å². The minimum Gasteiger partial charge on any atom is -0.385 e. The van der Waals surface area contributed by atoms with Crippen LogP contribution in [0, 0.1) is 6.07 Å². The van der Waals surface area contributed by atoms with Crippen molar-refractivity contribution >= 4 is 17.3 Å². The summed E-state index contributed by atoms with van der Waals surface area (Å²) in [7, 11) is 0. The standard InChI is InChI=1S/C15H15ClN/c16-14-8-10-15(11-9-14)17-12-4-7-13-5-2-1-3-6-13/h2-3,5-6,8-11,17H,4,7,12H2. The molecule has 2 rings (SSSR count). The number of halogens is 1. The van der Waals surface area contributed by atoms with Crippen LogP contribution in [0.2, 0.25) is 5.02 Å². The largest absolute Gasteiger partial charge is 0.385 e. The van der Waals surface area contributed by atoms with Crippen molar-refractivity contribution in [3.05, 3.63) is 65.2 Å². The second-order valence-corrected chi connectivity index (χ2v) is 4.38. The van der Waals surface area contributed by atoms with E-state index in [9.17, 15) is 0 Å². The number of hydrogen-bond donors (Lipinski definition) is 1. The maximum Gasteiger partial charge on any atom is 0.0407 e. The number of anilines is 1. The molecular weight excluding hydrogens is 230 g/mol. The van der Waals surface area contributed by atoms with Gasteiger partial charge in [-0.05, 0) is 48.7 Å². The third-order valence-electron chi connectivity index (χ3n) is 2.60. The summed E-state index contributed by atoms with van der Waals surface area (Å²) in [4.78, 5) is 0. The average molecular weight is 245 g/mol. The molecule has 0 heterocycles. The molecule has 0 spiro atoms. The molecule has 2 heteroatoms. The number of benzene rings is 2. The first kappa shape index (κ1) is 12.0. The lowest BCUT2D eigenvalue weighted by molar-refractivity contribution is 0.863. The molecule has 0 amide bonds. The highest BCUT2D eigenvalue weighted by molar-refractivity contribution is 6.30. The summed E-state index contributed by atoms with van der Waals surface area (Å²) in [6.07, 6.45) is 2.21. The second-order valence-electron chi connectivity index (χ2n) is 3.95. The van der Waals surface area contributed by atoms with Gasteiger partial charge in [0, 0.05) is 17.3 Å². The Bertz CT molecular complexity index is 436. The van der Waals surface area contributed by atoms with E-state index in [1.54, 1.807) is 0 Å². The van der Waals surface area contributed by atoms with Gasteiger partial charge < -0.3 is 5.32 Å². The molecule has 0 aliphatic carbocycles. The van der Waals surface area contributed by atoms with Gasteiger partial charge in [0.1, 0.15) is 0 Å². The van der Waals surface area contributed by atoms with Gasteiger partial charge >= 0.3 is 0 Å². The molecule has 0 aliphatic rings. The van der Waals surface area contributed by atoms with Crippen molar-refractivity contribution in [2.24, 2.45) is 0 Å². The Hall–Kier alpha value is -1.47. The lowest BCUT2D eigenvalue weighted by Gasteiger charge is -2.06. The fraction of sp³-hybridized carbons (Fsp3) is 0.200. The minimum atomic E-state index is 0.774. The molecule has 0 atom stereocenters. The molecule has 2 aromatic rings. The number of nitrogens with one attached hydrogen (secondary N) is 1. The predicted octanol–water partition coefficient (Wildman–Crippen LogP) is 4.18. The van der Waals surface area contributed by atoms with E-state index in [0.29, 0.717) is 0 Å². The topological polar surface area (TPSA) is 12.0 Å². The molecule has 1 radical (unpaired) electrons. The summed E-state index contributed by atoms with van der Waals surface area (Å²) in [5.74, 6) is 0. The molecule has 0 saturated carbocycles. The van der Waals surface area contributed by atoms with Gasteiger partial charge in [0.25, 0.3) is 0 Å². The zero-order chi connectivity index (χ0) is 11.9. The highest BCUT2D eigenvalue weighted by Gasteiger charge is 1.94. The van der Waals surface area contributed by atoms with Crippen LogP contribution < -0.4 is 5.32 Å². The summed E-state index contributed by atoms with van der Waals surface area (Å²) < 4.78 is 0. The number of hydrogen-bond acceptors (Lipinski definition) is 1. The molecule has 0 bridgehead atoms. The first-order chi connectivity index (χ1) is 8.34. The Balaban J connectivity index is 1.71. The SMILES string of the molecule is Clc1ccc(NCCCc2cc[c]cc2)cc1. The van der Waals surface area contributed by atoms with Crippen LogP contribution in [0.5, 0.6) is 0 Å². The maximum absolute atomic E-state index is 5.82. The van der Waals surface area contributed by atoms with E-state index < -0.39 is 0 Å². The fourth-order valence-corrected chi connectivity index (χ4v) is 1.81. The molecule has 17 heavy (non-hydrogen) atoms. The number of aryl methyl sites for hydroxylation is 1. The van der Waals surface area contributed by atoms with Gasteiger partial charge in [-0.25, -0.2) is 0 Å². The van der Waals surface area contributed by atoms with Crippen LogP contribution in [0.15, 0.2) is 48.5 Å². The Kier molecular flexibility index (Phi) is 4.45. The first-order valence-electron chi connectivity index (χ1n) is 5.79. The zero-order valence-electron chi connectivity index (χ0n) is 9.62. The monoisotopic (exact) mass is 244 g/mol. The van der Waals surface area contributed by atoms with Crippen LogP contribution in [-0.4, -0.2) is 6.54 Å². The second kappa shape index (κ2) is 6.31. The summed E-state index contributed by atoms with van der Waals surface area (Å²) in [5.41, 5.74) is 2.48. The van der Waals surface area contributed by atoms with Gasteiger partial charge in [-0.15, -0.1) is 0 Å². The smallest absolute Gasteiger partial charge is 0.0407 e. The van der Waals surface area contributed by atoms with E-state index in [1.165, 1.54) is 5.56 Å². The summed E-state index contributed by atoms with van der Waals surface area (Å²) in [5, 5.41) is 4.15. The normalized spacial score (nSPS) is 10.2. The van der Waals surface area contributed by atoms with Crippen molar-refractivity contribution in [1.82, 2.24) is 0 Å². The van der Waals surface area contributed by atoms with E-state index in [-0.39, 0.29) is 0 Å². The molecule has 0 unspecified atom stereocenters. The molecule has 2 aromatic carbocycles. The van der Waals surface area contributed by atoms with Gasteiger partial charge in [0.05, 0.1) is 0 Å². The van der Waals surface area contributed by atoms with Gasteiger partial charge in [-0.2, -0.15) is 0 Å². The molecule has 1 nitrogen and oxygen atoms in total. The summed E-state index contributed by atoms with van der Waals surface area (Å²) >= 11 is 5.82. The van der Waals surface area contributed by atoms with Crippen molar-refractivity contribution in [1.29, 1.82) is 0 Å². The quantitative estimate of drug-likeness (QED) is 0.778. The van der Waals surface area contributed by atoms with Crippen LogP contribution in [0.3, 0.4) is 0 Å². The molecule has 0 saturated heterocycles. The lowest BCUT2D eigenvalue weighted by Crippen LogP contribution is -2.02. The predicted molar refractivity (Wildman–Crippen MR) is 73.5 cm³/mol. The van der Waals surface area contributed by atoms with Crippen molar-refractivity contribution in [3.8, 4) is 0 Å². The van der Waals surface area contributed by atoms with Gasteiger partial charge in [-0.1, -0.05) is 35.9 Å². The zero-order valence-corrected chi connectivity index (χ0v) is 10.4. The third-order valence-corrected chi connectivity index (χ3v) is 2.85. The van der Waals surface area contributed by atoms with E-state index in [0.717, 1.165) is 30.1 Å². The fourth-order valence-electron chi connectivity index (χ4n) is 1.68. The molecule has 0 aliphatic heterocycles. The Morgan fingerprint density at radius 2 is 1.71 bits per heavy atom. The Morgan fingerprint density at radius 3 is 2.41 bits per heavy atom. The summed E-state index contributed by atoms with van der Waals surface area (Å²) in [6, 6.07) is 19.0. The van der Waals surface area contributed by atoms with Crippen LogP contribution >= 0.6 is 11.6 Å². The Labute approximate surface area is 107 Å². The van der Waals surface area contributed by atoms with E-state index in [4.69, 9.17) is 11.6 Å². The molecular formula is C15H15ClN. The lowest BCUT2D eigenvalue weighted by atomic mass is 10.1. The Morgan fingerprint density at radius 1 is 1.00 bits per heavy atom. The summed E-state index contributed by atoms with van der Waals surface area (Å²) in [6.45, 7) is 0.972. The van der Waals surface area contributed by atoms with Gasteiger partial charge in [0.15, 0.2) is 0 Å². The van der Waals surface area contributed by atoms with E-state index >= 15 is 0 Å². The average Bonchev–Trinajstić information content (AvgIpc) is 2.38. The molecule has 0 aromatic heterocycles. The highest BCUT2D eigenvalue weighted by Crippen LogP contribution is 2.13. The number of rotatable bonds is 5. The van der Waals surface area contributed by atoms with Crippen molar-refractivity contribution in [2.45, 2.75) is 12.8 Å². The third kappa shape index (κ3) is 4.12. The highest BCUT2D eigenvalue weighted by atomic mass is 35.5. The van der Waals surface area contributed by atoms with Gasteiger partial charge in [0.2, 0.25) is 0 Å². The maximum atomic E-state index is 5.82. The van der Waals surface area contributed by atoms with Crippen LogP contribution in [0.25, 0.3) is 0 Å². The first-order valence-corrected chi connectivity index (χ1v) is 6.17. The van der Waals surface area contributed by atoms with Crippen LogP contribution in [-0.2, 0) is 6.42 Å². The molecule has 87 valence electrons. The van der Waals surface area contributed by atoms with Crippen molar-refractivity contribution in [2.75, 3.05) is 11.9 Å². The van der Waals surface area contributed by atoms with E-state index in [1.807, 2.05) is 36.4 Å². The van der Waals surface area contributed by atoms with Crippen LogP contribution in [0.1, 0.15) is 12.0 Å². The molecule has 0 fully saturated rings.